The highest BCUT2D eigenvalue weighted by molar-refractivity contribution is 7.09. The highest BCUT2D eigenvalue weighted by atomic mass is 32.1. The Labute approximate surface area is 178 Å². The number of carboxylic acids is 1. The van der Waals surface area contributed by atoms with Gasteiger partial charge in [-0.2, -0.15) is 18.3 Å². The van der Waals surface area contributed by atoms with Gasteiger partial charge in [0.2, 0.25) is 0 Å². The molecule has 164 valence electrons. The zero-order valence-corrected chi connectivity index (χ0v) is 16.9. The van der Waals surface area contributed by atoms with Crippen molar-refractivity contribution in [1.82, 2.24) is 19.7 Å². The molecule has 1 aromatic carbocycles. The molecule has 1 aliphatic rings. The number of fused-ring (bicyclic) bond motifs is 1. The van der Waals surface area contributed by atoms with Gasteiger partial charge in [-0.05, 0) is 18.7 Å². The van der Waals surface area contributed by atoms with Gasteiger partial charge in [0.15, 0.2) is 0 Å². The predicted molar refractivity (Wildman–Crippen MR) is 106 cm³/mol. The summed E-state index contributed by atoms with van der Waals surface area (Å²) in [4.78, 5) is 27.8. The number of alkyl halides is 3. The molecule has 4 rings (SSSR count). The highest BCUT2D eigenvalue weighted by Crippen LogP contribution is 2.26. The van der Waals surface area contributed by atoms with Gasteiger partial charge in [0, 0.05) is 23.9 Å². The number of nitrogens with zero attached hydrogens (tertiary/aromatic N) is 4. The monoisotopic (exact) mass is 453 g/mol. The molecule has 12 heteroatoms. The molecule has 8 nitrogen and oxygen atoms in total. The summed E-state index contributed by atoms with van der Waals surface area (Å²) in [6.45, 7) is 1.67. The van der Waals surface area contributed by atoms with Crippen molar-refractivity contribution in [3.63, 3.8) is 0 Å². The number of hydrogen-bond acceptors (Lipinski definition) is 6. The third-order valence-corrected chi connectivity index (χ3v) is 5.23. The first kappa shape index (κ1) is 22.4. The number of para-hydroxylation sites is 1. The number of aromatic nitrogens is 3. The number of carbonyl (C=O) groups excluding carboxylic acids is 1. The van der Waals surface area contributed by atoms with Crippen LogP contribution in [0.3, 0.4) is 0 Å². The summed E-state index contributed by atoms with van der Waals surface area (Å²) in [5.41, 5.74) is 9.21. The lowest BCUT2D eigenvalue weighted by molar-refractivity contribution is -0.192. The zero-order chi connectivity index (χ0) is 22.6. The van der Waals surface area contributed by atoms with Crippen LogP contribution in [0.25, 0.3) is 5.69 Å². The Hall–Kier alpha value is -3.25. The lowest BCUT2D eigenvalue weighted by Gasteiger charge is -2.14. The molecule has 3 N–H and O–H groups in total. The minimum absolute atomic E-state index is 0.0367. The molecule has 0 spiro atoms. The Morgan fingerprint density at radius 1 is 1.19 bits per heavy atom. The van der Waals surface area contributed by atoms with Crippen LogP contribution >= 0.6 is 11.3 Å². The molecule has 0 atom stereocenters. The zero-order valence-electron chi connectivity index (χ0n) is 16.0. The van der Waals surface area contributed by atoms with Crippen LogP contribution in [0.5, 0.6) is 0 Å². The van der Waals surface area contributed by atoms with Gasteiger partial charge >= 0.3 is 12.1 Å². The molecule has 0 fully saturated rings. The van der Waals surface area contributed by atoms with Crippen molar-refractivity contribution < 1.29 is 27.9 Å². The fourth-order valence-electron chi connectivity index (χ4n) is 2.90. The largest absolute Gasteiger partial charge is 0.490 e. The molecule has 0 radical (unpaired) electrons. The van der Waals surface area contributed by atoms with Crippen LogP contribution < -0.4 is 5.73 Å². The van der Waals surface area contributed by atoms with Gasteiger partial charge in [-0.3, -0.25) is 4.79 Å². The summed E-state index contributed by atoms with van der Waals surface area (Å²) >= 11 is 1.49. The number of rotatable bonds is 4. The second-order valence-electron chi connectivity index (χ2n) is 6.49. The van der Waals surface area contributed by atoms with Crippen molar-refractivity contribution in [3.8, 4) is 5.69 Å². The number of carbonyl (C=O) groups is 2. The predicted octanol–water partition coefficient (Wildman–Crippen LogP) is 2.62. The highest BCUT2D eigenvalue weighted by Gasteiger charge is 2.38. The maximum Gasteiger partial charge on any atom is 0.490 e. The van der Waals surface area contributed by atoms with E-state index in [4.69, 9.17) is 15.6 Å². The van der Waals surface area contributed by atoms with Crippen molar-refractivity contribution >= 4 is 23.2 Å². The Kier molecular flexibility index (Phi) is 6.71. The molecule has 31 heavy (non-hydrogen) atoms. The summed E-state index contributed by atoms with van der Waals surface area (Å²) in [7, 11) is 0. The molecule has 2 aromatic heterocycles. The van der Waals surface area contributed by atoms with Crippen molar-refractivity contribution in [2.24, 2.45) is 5.73 Å². The van der Waals surface area contributed by atoms with E-state index >= 15 is 0 Å². The van der Waals surface area contributed by atoms with Crippen molar-refractivity contribution in [1.29, 1.82) is 0 Å². The molecule has 0 saturated carbocycles. The lowest BCUT2D eigenvalue weighted by Crippen LogP contribution is -2.26. The molecule has 3 heterocycles. The van der Waals surface area contributed by atoms with Gasteiger partial charge in [-0.1, -0.05) is 18.2 Å². The maximum absolute atomic E-state index is 12.7. The summed E-state index contributed by atoms with van der Waals surface area (Å²) in [5, 5.41) is 14.3. The number of hydrogen-bond donors (Lipinski definition) is 2. The standard InChI is InChI=1S/C17H17N5OS.C2HF3O2/c18-7-6-16-20-14(11-24-16)17(23)21-9-12-8-19-22(15(12)10-21)13-4-2-1-3-5-13;3-2(4,5)1(6)7/h1-5,8,11H,6-7,9-10,18H2;(H,6,7). The van der Waals surface area contributed by atoms with Crippen molar-refractivity contribution in [2.75, 3.05) is 6.54 Å². The third-order valence-electron chi connectivity index (χ3n) is 4.32. The average Bonchev–Trinajstić information content (AvgIpc) is 3.44. The normalized spacial score (nSPS) is 12.8. The molecule has 0 unspecified atom stereocenters. The molecule has 1 aliphatic heterocycles. The third kappa shape index (κ3) is 5.27. The van der Waals surface area contributed by atoms with Gasteiger partial charge in [0.25, 0.3) is 5.91 Å². The number of aliphatic carboxylic acids is 1. The van der Waals surface area contributed by atoms with E-state index in [2.05, 4.69) is 10.1 Å². The van der Waals surface area contributed by atoms with Crippen LogP contribution in [0, 0.1) is 0 Å². The number of thiazole rings is 1. The fraction of sp³-hybridized carbons (Fsp3) is 0.263. The minimum Gasteiger partial charge on any atom is -0.475 e. The van der Waals surface area contributed by atoms with E-state index < -0.39 is 12.1 Å². The second-order valence-corrected chi connectivity index (χ2v) is 7.44. The molecule has 0 aliphatic carbocycles. The summed E-state index contributed by atoms with van der Waals surface area (Å²) in [6, 6.07) is 9.96. The van der Waals surface area contributed by atoms with E-state index in [1.807, 2.05) is 51.5 Å². The maximum atomic E-state index is 12.7. The number of amides is 1. The van der Waals surface area contributed by atoms with E-state index in [1.165, 1.54) is 11.3 Å². The second kappa shape index (κ2) is 9.27. The first-order valence-electron chi connectivity index (χ1n) is 9.05. The molecular formula is C19H18F3N5O3S. The van der Waals surface area contributed by atoms with E-state index in [1.54, 1.807) is 0 Å². The van der Waals surface area contributed by atoms with Gasteiger partial charge in [-0.25, -0.2) is 14.5 Å². The molecule has 0 bridgehead atoms. The Bertz CT molecular complexity index is 1070. The Morgan fingerprint density at radius 3 is 2.48 bits per heavy atom. The van der Waals surface area contributed by atoms with Gasteiger partial charge in [0.05, 0.1) is 29.1 Å². The first-order valence-corrected chi connectivity index (χ1v) is 9.93. The van der Waals surface area contributed by atoms with Crippen LogP contribution in [0.1, 0.15) is 26.8 Å². The molecule has 1 amide bonds. The smallest absolute Gasteiger partial charge is 0.475 e. The Morgan fingerprint density at radius 2 is 1.87 bits per heavy atom. The fourth-order valence-corrected chi connectivity index (χ4v) is 3.68. The van der Waals surface area contributed by atoms with E-state index in [0.29, 0.717) is 31.7 Å². The summed E-state index contributed by atoms with van der Waals surface area (Å²) < 4.78 is 33.6. The average molecular weight is 453 g/mol. The first-order chi connectivity index (χ1) is 14.7. The van der Waals surface area contributed by atoms with Crippen LogP contribution in [-0.4, -0.2) is 49.4 Å². The van der Waals surface area contributed by atoms with Crippen LogP contribution in [-0.2, 0) is 24.3 Å². The molecular weight excluding hydrogens is 435 g/mol. The summed E-state index contributed by atoms with van der Waals surface area (Å²) in [5.74, 6) is -2.79. The van der Waals surface area contributed by atoms with Gasteiger partial charge in [-0.15, -0.1) is 11.3 Å². The van der Waals surface area contributed by atoms with Gasteiger partial charge < -0.3 is 15.7 Å². The van der Waals surface area contributed by atoms with Crippen LogP contribution in [0.2, 0.25) is 0 Å². The topological polar surface area (TPSA) is 114 Å². The Balaban J connectivity index is 0.000000339. The van der Waals surface area contributed by atoms with E-state index in [0.717, 1.165) is 22.0 Å². The molecule has 0 saturated heterocycles. The minimum atomic E-state index is -5.08. The number of benzene rings is 1. The van der Waals surface area contributed by atoms with E-state index in [-0.39, 0.29) is 5.91 Å². The van der Waals surface area contributed by atoms with E-state index in [9.17, 15) is 18.0 Å². The van der Waals surface area contributed by atoms with Crippen molar-refractivity contribution in [2.45, 2.75) is 25.7 Å². The van der Waals surface area contributed by atoms with Gasteiger partial charge in [0.1, 0.15) is 5.69 Å². The number of nitrogens with two attached hydrogens (primary N) is 1. The number of halogens is 3. The number of carboxylic acid groups (broad SMARTS) is 1. The van der Waals surface area contributed by atoms with Crippen molar-refractivity contribution in [3.05, 3.63) is 63.9 Å². The lowest BCUT2D eigenvalue weighted by atomic mass is 10.3. The van der Waals surface area contributed by atoms with Crippen LogP contribution in [0.4, 0.5) is 13.2 Å². The molecule has 3 aromatic rings. The van der Waals surface area contributed by atoms with Crippen LogP contribution in [0.15, 0.2) is 41.9 Å². The SMILES string of the molecule is NCCc1nc(C(=O)N2Cc3cnn(-c4ccccc4)c3C2)cs1.O=C(O)C(F)(F)F. The quantitative estimate of drug-likeness (QED) is 0.628. The summed E-state index contributed by atoms with van der Waals surface area (Å²) in [6.07, 6.45) is -2.53.